The van der Waals surface area contributed by atoms with Gasteiger partial charge in [-0.2, -0.15) is 5.26 Å². The van der Waals surface area contributed by atoms with E-state index in [9.17, 15) is 9.65 Å². The summed E-state index contributed by atoms with van der Waals surface area (Å²) in [5.41, 5.74) is 3.24. The summed E-state index contributed by atoms with van der Waals surface area (Å²) < 4.78 is 19.6. The van der Waals surface area contributed by atoms with Crippen molar-refractivity contribution in [3.05, 3.63) is 112 Å². The molecule has 0 unspecified atom stereocenters. The van der Waals surface area contributed by atoms with Gasteiger partial charge in [0.1, 0.15) is 18.2 Å². The minimum absolute atomic E-state index is 0.268. The first-order valence-corrected chi connectivity index (χ1v) is 10.2. The lowest BCUT2D eigenvalue weighted by molar-refractivity contribution is 0.304. The van der Waals surface area contributed by atoms with Gasteiger partial charge in [-0.05, 0) is 79.8 Å². The molecule has 30 heavy (non-hydrogen) atoms. The van der Waals surface area contributed by atoms with Crippen molar-refractivity contribution in [3.63, 3.8) is 0 Å². The van der Waals surface area contributed by atoms with Crippen LogP contribution < -0.4 is 4.74 Å². The summed E-state index contributed by atoms with van der Waals surface area (Å²) in [4.78, 5) is 0. The minimum Gasteiger partial charge on any atom is -0.488 e. The fourth-order valence-corrected chi connectivity index (χ4v) is 3.68. The zero-order chi connectivity index (χ0) is 20.9. The third-order valence-electron chi connectivity index (χ3n) is 4.76. The minimum atomic E-state index is -0.268. The molecule has 0 atom stereocenters. The van der Waals surface area contributed by atoms with Crippen molar-refractivity contribution in [2.45, 2.75) is 6.61 Å². The van der Waals surface area contributed by atoms with Gasteiger partial charge in [-0.3, -0.25) is 0 Å². The number of benzene rings is 4. The predicted molar refractivity (Wildman–Crippen MR) is 122 cm³/mol. The van der Waals surface area contributed by atoms with Crippen LogP contribution in [0.25, 0.3) is 22.4 Å². The van der Waals surface area contributed by atoms with Crippen molar-refractivity contribution in [1.82, 2.24) is 0 Å². The molecule has 4 aromatic carbocycles. The fraction of sp³-hybridized carbons (Fsp3) is 0.0385. The second-order valence-corrected chi connectivity index (χ2v) is 7.69. The quantitative estimate of drug-likeness (QED) is 0.231. The first-order valence-electron chi connectivity index (χ1n) is 9.40. The van der Waals surface area contributed by atoms with Crippen LogP contribution in [-0.4, -0.2) is 0 Å². The maximum Gasteiger partial charge on any atom is 0.134 e. The fourth-order valence-electron chi connectivity index (χ4n) is 3.17. The molecule has 0 saturated heterocycles. The molecule has 0 N–H and O–H groups in total. The molecule has 0 radical (unpaired) electrons. The van der Waals surface area contributed by atoms with Crippen molar-refractivity contribution >= 4 is 38.4 Å². The summed E-state index contributed by atoms with van der Waals surface area (Å²) in [6, 6.07) is 28.3. The Kier molecular flexibility index (Phi) is 5.92. The van der Waals surface area contributed by atoms with E-state index in [4.69, 9.17) is 4.74 Å². The highest BCUT2D eigenvalue weighted by Gasteiger charge is 2.06. The zero-order valence-electron chi connectivity index (χ0n) is 16.0. The highest BCUT2D eigenvalue weighted by Crippen LogP contribution is 2.29. The Labute approximate surface area is 183 Å². The number of ether oxygens (including phenoxy) is 1. The van der Waals surface area contributed by atoms with E-state index in [-0.39, 0.29) is 5.82 Å². The van der Waals surface area contributed by atoms with Crippen LogP contribution in [0.5, 0.6) is 5.75 Å². The van der Waals surface area contributed by atoms with Gasteiger partial charge in [-0.25, -0.2) is 4.39 Å². The van der Waals surface area contributed by atoms with Crippen LogP contribution in [0.2, 0.25) is 0 Å². The summed E-state index contributed by atoms with van der Waals surface area (Å²) in [5.74, 6) is 0.413. The van der Waals surface area contributed by atoms with E-state index in [0.29, 0.717) is 17.9 Å². The van der Waals surface area contributed by atoms with Gasteiger partial charge >= 0.3 is 0 Å². The van der Waals surface area contributed by atoms with Gasteiger partial charge in [0.05, 0.1) is 16.1 Å². The Morgan fingerprint density at radius 3 is 2.43 bits per heavy atom. The Hall–Kier alpha value is -3.42. The van der Waals surface area contributed by atoms with E-state index in [1.807, 2.05) is 60.7 Å². The molecule has 0 amide bonds. The standard InChI is InChI=1S/C26H17BrFNO/c27-25-14-19(7-12-26(25)30-17-18-5-10-24(28)11-6-18)13-23(16-29)22-9-8-20-3-1-2-4-21(20)15-22/h1-15H,17H2. The van der Waals surface area contributed by atoms with Gasteiger partial charge in [-0.15, -0.1) is 0 Å². The Morgan fingerprint density at radius 1 is 0.933 bits per heavy atom. The first kappa shape index (κ1) is 19.9. The van der Waals surface area contributed by atoms with Gasteiger partial charge in [0.15, 0.2) is 0 Å². The average molecular weight is 458 g/mol. The molecule has 0 aliphatic carbocycles. The first-order chi connectivity index (χ1) is 14.6. The second kappa shape index (κ2) is 8.94. The monoisotopic (exact) mass is 457 g/mol. The maximum atomic E-state index is 13.0. The van der Waals surface area contributed by atoms with Gasteiger partial charge in [0, 0.05) is 0 Å². The Morgan fingerprint density at radius 2 is 1.70 bits per heavy atom. The van der Waals surface area contributed by atoms with Gasteiger partial charge in [-0.1, -0.05) is 54.6 Å². The molecule has 146 valence electrons. The van der Waals surface area contributed by atoms with Crippen LogP contribution in [0.15, 0.2) is 89.4 Å². The molecule has 0 saturated carbocycles. The summed E-state index contributed by atoms with van der Waals surface area (Å²) in [6.45, 7) is 0.342. The molecule has 0 aliphatic heterocycles. The largest absolute Gasteiger partial charge is 0.488 e. The summed E-state index contributed by atoms with van der Waals surface area (Å²) >= 11 is 3.54. The van der Waals surface area contributed by atoms with Crippen molar-refractivity contribution in [3.8, 4) is 11.8 Å². The second-order valence-electron chi connectivity index (χ2n) is 6.84. The number of hydrogen-bond donors (Lipinski definition) is 0. The molecule has 4 heteroatoms. The van der Waals surface area contributed by atoms with E-state index in [1.54, 1.807) is 12.1 Å². The number of halogens is 2. The van der Waals surface area contributed by atoms with E-state index >= 15 is 0 Å². The van der Waals surface area contributed by atoms with E-state index in [1.165, 1.54) is 12.1 Å². The van der Waals surface area contributed by atoms with Crippen LogP contribution in [-0.2, 0) is 6.61 Å². The lowest BCUT2D eigenvalue weighted by Crippen LogP contribution is -1.96. The molecule has 0 spiro atoms. The molecule has 0 bridgehead atoms. The molecule has 4 rings (SSSR count). The summed E-state index contributed by atoms with van der Waals surface area (Å²) in [5, 5.41) is 11.9. The lowest BCUT2D eigenvalue weighted by Gasteiger charge is -2.09. The number of hydrogen-bond acceptors (Lipinski definition) is 2. The number of allylic oxidation sites excluding steroid dienone is 1. The average Bonchev–Trinajstić information content (AvgIpc) is 2.77. The van der Waals surface area contributed by atoms with Crippen LogP contribution >= 0.6 is 15.9 Å². The third kappa shape index (κ3) is 4.59. The molecule has 0 fully saturated rings. The molecular weight excluding hydrogens is 441 g/mol. The molecule has 0 aromatic heterocycles. The van der Waals surface area contributed by atoms with Crippen molar-refractivity contribution in [1.29, 1.82) is 5.26 Å². The SMILES string of the molecule is N#CC(=Cc1ccc(OCc2ccc(F)cc2)c(Br)c1)c1ccc2ccccc2c1. The van der Waals surface area contributed by atoms with Crippen molar-refractivity contribution < 1.29 is 9.13 Å². The lowest BCUT2D eigenvalue weighted by atomic mass is 10.0. The predicted octanol–water partition coefficient (Wildman–Crippen LogP) is 7.38. The zero-order valence-corrected chi connectivity index (χ0v) is 17.6. The van der Waals surface area contributed by atoms with Crippen molar-refractivity contribution in [2.75, 3.05) is 0 Å². The van der Waals surface area contributed by atoms with Crippen LogP contribution in [0.3, 0.4) is 0 Å². The number of rotatable bonds is 5. The van der Waals surface area contributed by atoms with Crippen LogP contribution in [0.4, 0.5) is 4.39 Å². The van der Waals surface area contributed by atoms with E-state index in [0.717, 1.165) is 31.9 Å². The maximum absolute atomic E-state index is 13.0. The summed E-state index contributed by atoms with van der Waals surface area (Å²) in [7, 11) is 0. The smallest absolute Gasteiger partial charge is 0.134 e. The van der Waals surface area contributed by atoms with E-state index in [2.05, 4.69) is 28.1 Å². The van der Waals surface area contributed by atoms with Crippen LogP contribution in [0.1, 0.15) is 16.7 Å². The number of fused-ring (bicyclic) bond motifs is 1. The summed E-state index contributed by atoms with van der Waals surface area (Å²) in [6.07, 6.45) is 1.86. The normalized spacial score (nSPS) is 11.3. The Bertz CT molecular complexity index is 1270. The Balaban J connectivity index is 1.55. The molecular formula is C26H17BrFNO. The van der Waals surface area contributed by atoms with Gasteiger partial charge in [0.25, 0.3) is 0 Å². The number of nitrogens with zero attached hydrogens (tertiary/aromatic N) is 1. The van der Waals surface area contributed by atoms with Gasteiger partial charge in [0.2, 0.25) is 0 Å². The highest BCUT2D eigenvalue weighted by atomic mass is 79.9. The molecule has 4 aromatic rings. The molecule has 0 heterocycles. The number of nitriles is 1. The molecule has 0 aliphatic rings. The van der Waals surface area contributed by atoms with Gasteiger partial charge < -0.3 is 4.74 Å². The topological polar surface area (TPSA) is 33.0 Å². The highest BCUT2D eigenvalue weighted by molar-refractivity contribution is 9.10. The molecule has 2 nitrogen and oxygen atoms in total. The third-order valence-corrected chi connectivity index (χ3v) is 5.38. The van der Waals surface area contributed by atoms with Crippen LogP contribution in [0, 0.1) is 17.1 Å². The van der Waals surface area contributed by atoms with E-state index < -0.39 is 0 Å². The van der Waals surface area contributed by atoms with Crippen molar-refractivity contribution in [2.24, 2.45) is 0 Å².